The second-order valence-electron chi connectivity index (χ2n) is 8.28. The molecule has 0 atom stereocenters. The lowest BCUT2D eigenvalue weighted by Crippen LogP contribution is -2.44. The van der Waals surface area contributed by atoms with E-state index in [1.807, 2.05) is 7.05 Å². The van der Waals surface area contributed by atoms with E-state index in [0.29, 0.717) is 5.92 Å². The molecule has 1 aromatic rings. The molecule has 0 radical (unpaired) electrons. The van der Waals surface area contributed by atoms with Crippen LogP contribution in [-0.2, 0) is 6.42 Å². The number of unbranched alkanes of at least 4 members (excludes halogenated alkanes) is 1. The molecule has 0 bridgehead atoms. The van der Waals surface area contributed by atoms with Crippen molar-refractivity contribution in [2.75, 3.05) is 59.9 Å². The van der Waals surface area contributed by atoms with Gasteiger partial charge in [-0.3, -0.25) is 4.99 Å². The smallest absolute Gasteiger partial charge is 0.190 e. The van der Waals surface area contributed by atoms with Gasteiger partial charge in [0.05, 0.1) is 0 Å². The highest BCUT2D eigenvalue weighted by molar-refractivity contribution is 14.0. The average Bonchev–Trinajstić information content (AvgIpc) is 2.71. The maximum Gasteiger partial charge on any atom is 0.190 e. The molecule has 0 saturated carbocycles. The van der Waals surface area contributed by atoms with Crippen molar-refractivity contribution in [2.24, 2.45) is 4.99 Å². The van der Waals surface area contributed by atoms with Gasteiger partial charge in [-0.25, -0.2) is 0 Å². The van der Waals surface area contributed by atoms with E-state index in [1.54, 1.807) is 0 Å². The number of piperazine rings is 1. The predicted molar refractivity (Wildman–Crippen MR) is 137 cm³/mol. The molecule has 1 aromatic carbocycles. The highest BCUT2D eigenvalue weighted by atomic mass is 127. The lowest BCUT2D eigenvalue weighted by molar-refractivity contribution is 0.152. The first-order valence-electron chi connectivity index (χ1n) is 11.0. The Morgan fingerprint density at radius 2 is 1.59 bits per heavy atom. The van der Waals surface area contributed by atoms with Crippen molar-refractivity contribution in [1.82, 2.24) is 20.4 Å². The fourth-order valence-corrected chi connectivity index (χ4v) is 3.53. The number of hydrogen-bond donors (Lipinski definition) is 2. The maximum atomic E-state index is 4.34. The van der Waals surface area contributed by atoms with Gasteiger partial charge in [0.1, 0.15) is 0 Å². The number of halogens is 1. The first kappa shape index (κ1) is 26.2. The van der Waals surface area contributed by atoms with Crippen molar-refractivity contribution in [3.8, 4) is 0 Å². The molecule has 1 fully saturated rings. The highest BCUT2D eigenvalue weighted by Crippen LogP contribution is 2.15. The minimum atomic E-state index is 0. The van der Waals surface area contributed by atoms with Crippen LogP contribution in [0.5, 0.6) is 0 Å². The molecule has 0 unspecified atom stereocenters. The zero-order chi connectivity index (χ0) is 20.2. The molecule has 0 aliphatic carbocycles. The number of benzene rings is 1. The first-order chi connectivity index (χ1) is 13.6. The van der Waals surface area contributed by atoms with Gasteiger partial charge >= 0.3 is 0 Å². The summed E-state index contributed by atoms with van der Waals surface area (Å²) in [7, 11) is 4.06. The van der Waals surface area contributed by atoms with Crippen LogP contribution in [0.2, 0.25) is 0 Å². The monoisotopic (exact) mass is 515 g/mol. The molecular weight excluding hydrogens is 473 g/mol. The van der Waals surface area contributed by atoms with Gasteiger partial charge in [0.2, 0.25) is 0 Å². The van der Waals surface area contributed by atoms with E-state index in [1.165, 1.54) is 56.7 Å². The maximum absolute atomic E-state index is 4.34. The molecule has 29 heavy (non-hydrogen) atoms. The third-order valence-corrected chi connectivity index (χ3v) is 5.59. The van der Waals surface area contributed by atoms with Crippen LogP contribution in [0.1, 0.15) is 50.2 Å². The lowest BCUT2D eigenvalue weighted by atomic mass is 10.0. The van der Waals surface area contributed by atoms with Crippen LogP contribution in [-0.4, -0.2) is 75.7 Å². The number of nitrogens with zero attached hydrogens (tertiary/aromatic N) is 3. The van der Waals surface area contributed by atoms with E-state index in [-0.39, 0.29) is 24.0 Å². The average molecular weight is 516 g/mol. The van der Waals surface area contributed by atoms with Gasteiger partial charge in [0.25, 0.3) is 0 Å². The fraction of sp³-hybridized carbons (Fsp3) is 0.696. The highest BCUT2D eigenvalue weighted by Gasteiger charge is 2.12. The number of hydrogen-bond acceptors (Lipinski definition) is 3. The van der Waals surface area contributed by atoms with E-state index in [0.717, 1.165) is 31.9 Å². The minimum absolute atomic E-state index is 0. The SMILES string of the molecule is CN=C(NCCCCN1CCN(C)CC1)NCCCc1ccc(C(C)C)cc1.I. The second-order valence-corrected chi connectivity index (χ2v) is 8.28. The van der Waals surface area contributed by atoms with Crippen LogP contribution in [0.3, 0.4) is 0 Å². The van der Waals surface area contributed by atoms with Crippen LogP contribution < -0.4 is 10.6 Å². The van der Waals surface area contributed by atoms with E-state index in [4.69, 9.17) is 0 Å². The Hall–Kier alpha value is -0.860. The van der Waals surface area contributed by atoms with Crippen LogP contribution in [0, 0.1) is 0 Å². The summed E-state index contributed by atoms with van der Waals surface area (Å²) in [5, 5.41) is 6.88. The molecule has 1 aliphatic heterocycles. The van der Waals surface area contributed by atoms with Crippen molar-refractivity contribution in [1.29, 1.82) is 0 Å². The summed E-state index contributed by atoms with van der Waals surface area (Å²) in [5.41, 5.74) is 2.83. The lowest BCUT2D eigenvalue weighted by Gasteiger charge is -2.32. The molecule has 1 heterocycles. The Bertz CT molecular complexity index is 565. The Morgan fingerprint density at radius 1 is 0.966 bits per heavy atom. The quantitative estimate of drug-likeness (QED) is 0.217. The fourth-order valence-electron chi connectivity index (χ4n) is 3.53. The Kier molecular flexibility index (Phi) is 13.6. The number of aliphatic imine (C=N–C) groups is 1. The van der Waals surface area contributed by atoms with E-state index in [9.17, 15) is 0 Å². The van der Waals surface area contributed by atoms with Gasteiger partial charge in [-0.2, -0.15) is 0 Å². The Labute approximate surface area is 195 Å². The van der Waals surface area contributed by atoms with Crippen molar-refractivity contribution < 1.29 is 0 Å². The summed E-state index contributed by atoms with van der Waals surface area (Å²) in [6.07, 6.45) is 4.66. The zero-order valence-corrected chi connectivity index (χ0v) is 21.2. The predicted octanol–water partition coefficient (Wildman–Crippen LogP) is 3.55. The summed E-state index contributed by atoms with van der Waals surface area (Å²) < 4.78 is 0. The second kappa shape index (κ2) is 15.0. The summed E-state index contributed by atoms with van der Waals surface area (Å²) in [6, 6.07) is 9.05. The molecule has 1 saturated heterocycles. The van der Waals surface area contributed by atoms with Crippen molar-refractivity contribution in [3.63, 3.8) is 0 Å². The van der Waals surface area contributed by atoms with Crippen molar-refractivity contribution >= 4 is 29.9 Å². The van der Waals surface area contributed by atoms with Gasteiger partial charge in [-0.05, 0) is 56.3 Å². The topological polar surface area (TPSA) is 42.9 Å². The number of likely N-dealkylation sites (N-methyl/N-ethyl adjacent to an activating group) is 1. The number of rotatable bonds is 10. The third-order valence-electron chi connectivity index (χ3n) is 5.59. The molecular formula is C23H42IN5. The van der Waals surface area contributed by atoms with Crippen LogP contribution in [0.15, 0.2) is 29.3 Å². The molecule has 1 aliphatic rings. The Morgan fingerprint density at radius 3 is 2.17 bits per heavy atom. The molecule has 0 spiro atoms. The van der Waals surface area contributed by atoms with Crippen molar-refractivity contribution in [2.45, 2.75) is 45.4 Å². The van der Waals surface area contributed by atoms with Gasteiger partial charge in [-0.1, -0.05) is 38.1 Å². The molecule has 0 aromatic heterocycles. The van der Waals surface area contributed by atoms with E-state index in [2.05, 4.69) is 70.6 Å². The largest absolute Gasteiger partial charge is 0.356 e. The Balaban J connectivity index is 0.00000420. The number of guanidine groups is 1. The molecule has 166 valence electrons. The van der Waals surface area contributed by atoms with Gasteiger partial charge in [0, 0.05) is 46.3 Å². The summed E-state index contributed by atoms with van der Waals surface area (Å²) >= 11 is 0. The van der Waals surface area contributed by atoms with Gasteiger partial charge < -0.3 is 20.4 Å². The van der Waals surface area contributed by atoms with Crippen LogP contribution >= 0.6 is 24.0 Å². The third kappa shape index (κ3) is 10.6. The normalized spacial score (nSPS) is 16.0. The number of nitrogens with one attached hydrogen (secondary N) is 2. The van der Waals surface area contributed by atoms with Gasteiger partial charge in [-0.15, -0.1) is 24.0 Å². The summed E-state index contributed by atoms with van der Waals surface area (Å²) in [6.45, 7) is 12.5. The standard InChI is InChI=1S/C23H41N5.HI/c1-20(2)22-11-9-21(10-12-22)8-7-14-26-23(24-3)25-13-5-6-15-28-18-16-27(4)17-19-28;/h9-12,20H,5-8,13-19H2,1-4H3,(H2,24,25,26);1H. The minimum Gasteiger partial charge on any atom is -0.356 e. The molecule has 2 N–H and O–H groups in total. The van der Waals surface area contributed by atoms with E-state index < -0.39 is 0 Å². The van der Waals surface area contributed by atoms with Gasteiger partial charge in [0.15, 0.2) is 5.96 Å². The van der Waals surface area contributed by atoms with Crippen LogP contribution in [0.4, 0.5) is 0 Å². The number of aryl methyl sites for hydroxylation is 1. The molecule has 5 nitrogen and oxygen atoms in total. The van der Waals surface area contributed by atoms with Crippen molar-refractivity contribution in [3.05, 3.63) is 35.4 Å². The first-order valence-corrected chi connectivity index (χ1v) is 11.0. The summed E-state index contributed by atoms with van der Waals surface area (Å²) in [4.78, 5) is 9.33. The van der Waals surface area contributed by atoms with Crippen LogP contribution in [0.25, 0.3) is 0 Å². The van der Waals surface area contributed by atoms with E-state index >= 15 is 0 Å². The molecule has 2 rings (SSSR count). The zero-order valence-electron chi connectivity index (χ0n) is 18.9. The molecule has 0 amide bonds. The summed E-state index contributed by atoms with van der Waals surface area (Å²) in [5.74, 6) is 1.53. The molecule has 6 heteroatoms.